The fourth-order valence-electron chi connectivity index (χ4n) is 2.14. The molecule has 0 spiro atoms. The lowest BCUT2D eigenvalue weighted by atomic mass is 10.1. The van der Waals surface area contributed by atoms with Crippen LogP contribution < -0.4 is 10.2 Å². The summed E-state index contributed by atoms with van der Waals surface area (Å²) in [4.78, 5) is 11.4. The first-order chi connectivity index (χ1) is 10.7. The van der Waals surface area contributed by atoms with Gasteiger partial charge in [0.05, 0.1) is 5.69 Å². The lowest BCUT2D eigenvalue weighted by molar-refractivity contribution is 0.759. The molecule has 0 fully saturated rings. The van der Waals surface area contributed by atoms with Gasteiger partial charge < -0.3 is 10.2 Å². The molecule has 0 aliphatic heterocycles. The van der Waals surface area contributed by atoms with Crippen LogP contribution in [0.25, 0.3) is 11.3 Å². The molecule has 0 saturated heterocycles. The molecule has 4 heteroatoms. The monoisotopic (exact) mass is 296 g/mol. The zero-order valence-electron chi connectivity index (χ0n) is 13.4. The van der Waals surface area contributed by atoms with Gasteiger partial charge in [0.2, 0.25) is 5.95 Å². The number of nitrogens with one attached hydrogen (secondary N) is 1. The molecule has 2 rings (SSSR count). The van der Waals surface area contributed by atoms with Gasteiger partial charge in [0.1, 0.15) is 5.82 Å². The standard InChI is InChI=1S/C18H24N4/c1-4-6-13-22(3)17-14-16(15-10-8-7-9-11-15)20-18(21-17)19-12-5-2/h5,7-11,14H,2,4,6,12-13H2,1,3H3,(H,19,20,21). The summed E-state index contributed by atoms with van der Waals surface area (Å²) in [5.74, 6) is 1.58. The Morgan fingerprint density at radius 3 is 2.68 bits per heavy atom. The highest BCUT2D eigenvalue weighted by atomic mass is 15.2. The number of anilines is 2. The predicted octanol–water partition coefficient (Wildman–Crippen LogP) is 3.98. The van der Waals surface area contributed by atoms with E-state index in [2.05, 4.69) is 52.9 Å². The van der Waals surface area contributed by atoms with Crippen LogP contribution in [0.2, 0.25) is 0 Å². The van der Waals surface area contributed by atoms with Crippen molar-refractivity contribution in [3.63, 3.8) is 0 Å². The van der Waals surface area contributed by atoms with E-state index in [-0.39, 0.29) is 0 Å². The van der Waals surface area contributed by atoms with Crippen molar-refractivity contribution in [2.75, 3.05) is 30.4 Å². The highest BCUT2D eigenvalue weighted by molar-refractivity contribution is 5.64. The summed E-state index contributed by atoms with van der Waals surface area (Å²) in [5, 5.41) is 3.19. The maximum absolute atomic E-state index is 4.61. The summed E-state index contributed by atoms with van der Waals surface area (Å²) in [6, 6.07) is 12.2. The van der Waals surface area contributed by atoms with Gasteiger partial charge in [0.25, 0.3) is 0 Å². The Hall–Kier alpha value is -2.36. The Morgan fingerprint density at radius 2 is 2.00 bits per heavy atom. The van der Waals surface area contributed by atoms with Crippen molar-refractivity contribution in [3.8, 4) is 11.3 Å². The van der Waals surface area contributed by atoms with Crippen molar-refractivity contribution in [1.82, 2.24) is 9.97 Å². The predicted molar refractivity (Wildman–Crippen MR) is 94.3 cm³/mol. The summed E-state index contributed by atoms with van der Waals surface area (Å²) < 4.78 is 0. The van der Waals surface area contributed by atoms with Crippen LogP contribution in [-0.2, 0) is 0 Å². The summed E-state index contributed by atoms with van der Waals surface area (Å²) in [6.07, 6.45) is 4.12. The van der Waals surface area contributed by atoms with Crippen molar-refractivity contribution in [2.45, 2.75) is 19.8 Å². The van der Waals surface area contributed by atoms with Crippen LogP contribution in [0.4, 0.5) is 11.8 Å². The Kier molecular flexibility index (Phi) is 5.95. The van der Waals surface area contributed by atoms with Crippen LogP contribution in [0.5, 0.6) is 0 Å². The third kappa shape index (κ3) is 4.32. The van der Waals surface area contributed by atoms with Crippen molar-refractivity contribution < 1.29 is 0 Å². The average Bonchev–Trinajstić information content (AvgIpc) is 2.58. The third-order valence-corrected chi connectivity index (χ3v) is 3.42. The lowest BCUT2D eigenvalue weighted by Crippen LogP contribution is -2.20. The molecule has 1 N–H and O–H groups in total. The van der Waals surface area contributed by atoms with Gasteiger partial charge in [0.15, 0.2) is 0 Å². The van der Waals surface area contributed by atoms with Gasteiger partial charge in [-0.15, -0.1) is 6.58 Å². The second kappa shape index (κ2) is 8.17. The van der Waals surface area contributed by atoms with Crippen LogP contribution in [0, 0.1) is 0 Å². The van der Waals surface area contributed by atoms with Crippen LogP contribution >= 0.6 is 0 Å². The largest absolute Gasteiger partial charge is 0.359 e. The first-order valence-corrected chi connectivity index (χ1v) is 7.75. The molecular formula is C18H24N4. The second-order valence-electron chi connectivity index (χ2n) is 5.25. The van der Waals surface area contributed by atoms with E-state index in [0.717, 1.165) is 30.0 Å². The summed E-state index contributed by atoms with van der Waals surface area (Å²) in [6.45, 7) is 7.56. The fourth-order valence-corrected chi connectivity index (χ4v) is 2.14. The van der Waals surface area contributed by atoms with E-state index in [9.17, 15) is 0 Å². The highest BCUT2D eigenvalue weighted by Gasteiger charge is 2.09. The van der Waals surface area contributed by atoms with Crippen molar-refractivity contribution >= 4 is 11.8 Å². The number of nitrogens with zero attached hydrogens (tertiary/aromatic N) is 3. The number of hydrogen-bond acceptors (Lipinski definition) is 4. The average molecular weight is 296 g/mol. The molecule has 1 aromatic carbocycles. The minimum atomic E-state index is 0.639. The summed E-state index contributed by atoms with van der Waals surface area (Å²) in [7, 11) is 2.07. The summed E-state index contributed by atoms with van der Waals surface area (Å²) in [5.41, 5.74) is 2.03. The zero-order valence-corrected chi connectivity index (χ0v) is 13.4. The molecule has 4 nitrogen and oxygen atoms in total. The van der Waals surface area contributed by atoms with Gasteiger partial charge in [-0.05, 0) is 6.42 Å². The van der Waals surface area contributed by atoms with E-state index in [4.69, 9.17) is 0 Å². The number of aromatic nitrogens is 2. The SMILES string of the molecule is C=CCNc1nc(-c2ccccc2)cc(N(C)CCCC)n1. The van der Waals surface area contributed by atoms with Gasteiger partial charge in [0, 0.05) is 31.8 Å². The maximum atomic E-state index is 4.61. The molecule has 0 radical (unpaired) electrons. The van der Waals surface area contributed by atoms with Gasteiger partial charge in [-0.25, -0.2) is 4.98 Å². The second-order valence-corrected chi connectivity index (χ2v) is 5.25. The third-order valence-electron chi connectivity index (χ3n) is 3.42. The Bertz CT molecular complexity index is 595. The van der Waals surface area contributed by atoms with Gasteiger partial charge in [-0.2, -0.15) is 4.98 Å². The number of unbranched alkanes of at least 4 members (excludes halogenated alkanes) is 1. The molecule has 0 atom stereocenters. The quantitative estimate of drug-likeness (QED) is 0.748. The Morgan fingerprint density at radius 1 is 1.23 bits per heavy atom. The number of rotatable bonds is 8. The molecule has 0 amide bonds. The number of benzene rings is 1. The smallest absolute Gasteiger partial charge is 0.225 e. The topological polar surface area (TPSA) is 41.1 Å². The maximum Gasteiger partial charge on any atom is 0.225 e. The Labute approximate surface area is 132 Å². The highest BCUT2D eigenvalue weighted by Crippen LogP contribution is 2.23. The van der Waals surface area contributed by atoms with Gasteiger partial charge in [-0.3, -0.25) is 0 Å². The molecule has 116 valence electrons. The van der Waals surface area contributed by atoms with Crippen molar-refractivity contribution in [3.05, 3.63) is 49.1 Å². The molecule has 0 unspecified atom stereocenters. The zero-order chi connectivity index (χ0) is 15.8. The molecular weight excluding hydrogens is 272 g/mol. The van der Waals surface area contributed by atoms with Gasteiger partial charge >= 0.3 is 0 Å². The van der Waals surface area contributed by atoms with E-state index < -0.39 is 0 Å². The fraction of sp³-hybridized carbons (Fsp3) is 0.333. The van der Waals surface area contributed by atoms with Crippen molar-refractivity contribution in [2.24, 2.45) is 0 Å². The van der Waals surface area contributed by atoms with E-state index in [1.165, 1.54) is 6.42 Å². The molecule has 1 heterocycles. The van der Waals surface area contributed by atoms with Crippen LogP contribution in [0.15, 0.2) is 49.1 Å². The normalized spacial score (nSPS) is 10.3. The first kappa shape index (κ1) is 16.0. The van der Waals surface area contributed by atoms with E-state index in [1.54, 1.807) is 6.08 Å². The van der Waals surface area contributed by atoms with E-state index in [1.807, 2.05) is 24.3 Å². The number of hydrogen-bond donors (Lipinski definition) is 1. The molecule has 0 bridgehead atoms. The Balaban J connectivity index is 2.34. The van der Waals surface area contributed by atoms with E-state index in [0.29, 0.717) is 12.5 Å². The van der Waals surface area contributed by atoms with Crippen LogP contribution in [0.1, 0.15) is 19.8 Å². The first-order valence-electron chi connectivity index (χ1n) is 7.75. The minimum Gasteiger partial charge on any atom is -0.359 e. The lowest BCUT2D eigenvalue weighted by Gasteiger charge is -2.19. The molecule has 0 aliphatic carbocycles. The molecule has 0 aliphatic rings. The van der Waals surface area contributed by atoms with Crippen molar-refractivity contribution in [1.29, 1.82) is 0 Å². The van der Waals surface area contributed by atoms with E-state index >= 15 is 0 Å². The molecule has 2 aromatic rings. The molecule has 1 aromatic heterocycles. The summed E-state index contributed by atoms with van der Waals surface area (Å²) >= 11 is 0. The van der Waals surface area contributed by atoms with Crippen LogP contribution in [-0.4, -0.2) is 30.1 Å². The van der Waals surface area contributed by atoms with Crippen LogP contribution in [0.3, 0.4) is 0 Å². The molecule has 0 saturated carbocycles. The van der Waals surface area contributed by atoms with Gasteiger partial charge in [-0.1, -0.05) is 49.8 Å². The minimum absolute atomic E-state index is 0.639. The molecule has 22 heavy (non-hydrogen) atoms.